The normalized spacial score (nSPS) is 12.3. The van der Waals surface area contributed by atoms with Crippen molar-refractivity contribution >= 4 is 32.3 Å². The third-order valence-electron chi connectivity index (χ3n) is 10.2. The summed E-state index contributed by atoms with van der Waals surface area (Å²) >= 11 is 0. The molecule has 0 atom stereocenters. The van der Waals surface area contributed by atoms with Crippen molar-refractivity contribution in [3.63, 3.8) is 0 Å². The van der Waals surface area contributed by atoms with Gasteiger partial charge in [0.2, 0.25) is 0 Å². The molecule has 0 saturated heterocycles. The number of fused-ring (bicyclic) bond motifs is 7. The number of hydrogen-bond donors (Lipinski definition) is 0. The van der Waals surface area contributed by atoms with E-state index in [9.17, 15) is 0 Å². The summed E-state index contributed by atoms with van der Waals surface area (Å²) in [5.74, 6) is 1.74. The van der Waals surface area contributed by atoms with Crippen LogP contribution in [-0.2, 0) is 5.41 Å². The van der Waals surface area contributed by atoms with E-state index in [0.29, 0.717) is 13.2 Å². The Labute approximate surface area is 287 Å². The summed E-state index contributed by atoms with van der Waals surface area (Å²) in [5.41, 5.74) is 9.15. The zero-order valence-corrected chi connectivity index (χ0v) is 29.5. The standard InChI is InChI=1S/C46H50O2/c1-6-8-10-16-26-47-40-29-37-38(30-41(40)48-27-17-11-9-7-2)44-36-21-15-14-20-35(36)42(31-22-24-33(25-23-31)46(3,4)5)39-28-32-18-12-13-19-34(32)43(37)45(39)44/h12-15,18-25,28-30H,6-11,16-17,26-27H2,1-5H3. The monoisotopic (exact) mass is 634 g/mol. The molecule has 7 rings (SSSR count). The third kappa shape index (κ3) is 5.96. The summed E-state index contributed by atoms with van der Waals surface area (Å²) in [4.78, 5) is 0. The van der Waals surface area contributed by atoms with E-state index < -0.39 is 0 Å². The Hall–Kier alpha value is -4.30. The Morgan fingerprint density at radius 1 is 0.500 bits per heavy atom. The molecule has 0 bridgehead atoms. The first-order valence-electron chi connectivity index (χ1n) is 18.4. The van der Waals surface area contributed by atoms with E-state index in [2.05, 4.69) is 126 Å². The topological polar surface area (TPSA) is 18.5 Å². The number of unbranched alkanes of at least 4 members (excludes halogenated alkanes) is 6. The van der Waals surface area contributed by atoms with Crippen LogP contribution in [0.3, 0.4) is 0 Å². The van der Waals surface area contributed by atoms with Crippen molar-refractivity contribution < 1.29 is 9.47 Å². The maximum Gasteiger partial charge on any atom is 0.161 e. The Morgan fingerprint density at radius 2 is 1.02 bits per heavy atom. The fraction of sp³-hybridized carbons (Fsp3) is 0.348. The summed E-state index contributed by atoms with van der Waals surface area (Å²) in [6, 6.07) is 34.2. The van der Waals surface area contributed by atoms with Gasteiger partial charge < -0.3 is 9.47 Å². The second-order valence-corrected chi connectivity index (χ2v) is 14.7. The molecule has 0 aromatic heterocycles. The summed E-state index contributed by atoms with van der Waals surface area (Å²) < 4.78 is 13.2. The largest absolute Gasteiger partial charge is 0.490 e. The van der Waals surface area contributed by atoms with Crippen LogP contribution in [0.4, 0.5) is 0 Å². The summed E-state index contributed by atoms with van der Waals surface area (Å²) in [5, 5.41) is 7.78. The van der Waals surface area contributed by atoms with Gasteiger partial charge in [-0.15, -0.1) is 0 Å². The van der Waals surface area contributed by atoms with E-state index in [4.69, 9.17) is 9.47 Å². The van der Waals surface area contributed by atoms with E-state index in [-0.39, 0.29) is 5.41 Å². The molecule has 0 saturated carbocycles. The minimum absolute atomic E-state index is 0.103. The highest BCUT2D eigenvalue weighted by atomic mass is 16.5. The molecule has 0 aliphatic heterocycles. The minimum atomic E-state index is 0.103. The smallest absolute Gasteiger partial charge is 0.161 e. The van der Waals surface area contributed by atoms with E-state index in [0.717, 1.165) is 24.3 Å². The maximum atomic E-state index is 6.59. The zero-order chi connectivity index (χ0) is 33.3. The fourth-order valence-corrected chi connectivity index (χ4v) is 7.63. The zero-order valence-electron chi connectivity index (χ0n) is 29.5. The Morgan fingerprint density at radius 3 is 1.58 bits per heavy atom. The van der Waals surface area contributed by atoms with Gasteiger partial charge in [0.1, 0.15) is 0 Å². The first-order valence-corrected chi connectivity index (χ1v) is 18.4. The molecule has 6 aromatic rings. The second-order valence-electron chi connectivity index (χ2n) is 14.7. The van der Waals surface area contributed by atoms with Gasteiger partial charge in [-0.25, -0.2) is 0 Å². The van der Waals surface area contributed by atoms with Gasteiger partial charge in [-0.05, 0) is 108 Å². The molecule has 6 aromatic carbocycles. The van der Waals surface area contributed by atoms with Crippen molar-refractivity contribution in [2.24, 2.45) is 0 Å². The Bertz CT molecular complexity index is 2030. The number of benzene rings is 6. The molecule has 0 unspecified atom stereocenters. The van der Waals surface area contributed by atoms with Gasteiger partial charge in [0.05, 0.1) is 13.2 Å². The second kappa shape index (κ2) is 13.7. The van der Waals surface area contributed by atoms with Gasteiger partial charge in [0.15, 0.2) is 11.5 Å². The van der Waals surface area contributed by atoms with Crippen molar-refractivity contribution in [3.05, 3.63) is 96.6 Å². The van der Waals surface area contributed by atoms with Crippen molar-refractivity contribution in [3.8, 4) is 44.9 Å². The highest BCUT2D eigenvalue weighted by Crippen LogP contribution is 2.57. The lowest BCUT2D eigenvalue weighted by atomic mass is 9.84. The third-order valence-corrected chi connectivity index (χ3v) is 10.2. The fourth-order valence-electron chi connectivity index (χ4n) is 7.63. The van der Waals surface area contributed by atoms with Gasteiger partial charge in [0.25, 0.3) is 0 Å². The molecular weight excluding hydrogens is 585 g/mol. The molecule has 2 nitrogen and oxygen atoms in total. The van der Waals surface area contributed by atoms with Crippen molar-refractivity contribution in [1.29, 1.82) is 0 Å². The number of rotatable bonds is 13. The van der Waals surface area contributed by atoms with Crippen molar-refractivity contribution in [2.75, 3.05) is 13.2 Å². The molecule has 0 heterocycles. The van der Waals surface area contributed by atoms with Gasteiger partial charge >= 0.3 is 0 Å². The molecule has 48 heavy (non-hydrogen) atoms. The molecule has 246 valence electrons. The lowest BCUT2D eigenvalue weighted by Gasteiger charge is -2.20. The minimum Gasteiger partial charge on any atom is -0.490 e. The van der Waals surface area contributed by atoms with Crippen LogP contribution in [0.15, 0.2) is 91.0 Å². The first kappa shape index (κ1) is 32.3. The van der Waals surface area contributed by atoms with Gasteiger partial charge in [-0.2, -0.15) is 0 Å². The van der Waals surface area contributed by atoms with E-state index in [1.807, 2.05) is 0 Å². The van der Waals surface area contributed by atoms with Crippen LogP contribution in [0.25, 0.3) is 65.7 Å². The van der Waals surface area contributed by atoms with Crippen LogP contribution in [0.5, 0.6) is 11.5 Å². The molecular formula is C46H50O2. The molecule has 0 spiro atoms. The summed E-state index contributed by atoms with van der Waals surface area (Å²) in [6.45, 7) is 12.8. The molecule has 1 aliphatic rings. The molecule has 0 amide bonds. The van der Waals surface area contributed by atoms with Crippen LogP contribution in [0.1, 0.15) is 91.5 Å². The van der Waals surface area contributed by atoms with Crippen LogP contribution in [0, 0.1) is 0 Å². The first-order chi connectivity index (χ1) is 23.4. The van der Waals surface area contributed by atoms with Crippen LogP contribution in [0.2, 0.25) is 0 Å². The predicted octanol–water partition coefficient (Wildman–Crippen LogP) is 13.7. The van der Waals surface area contributed by atoms with E-state index in [1.165, 1.54) is 110 Å². The number of ether oxygens (including phenoxy) is 2. The van der Waals surface area contributed by atoms with Crippen LogP contribution < -0.4 is 9.47 Å². The molecule has 0 N–H and O–H groups in total. The Kier molecular flexibility index (Phi) is 9.19. The lowest BCUT2D eigenvalue weighted by Crippen LogP contribution is -2.10. The molecule has 1 aliphatic carbocycles. The summed E-state index contributed by atoms with van der Waals surface area (Å²) in [6.07, 6.45) is 9.42. The lowest BCUT2D eigenvalue weighted by molar-refractivity contribution is 0.259. The van der Waals surface area contributed by atoms with Crippen LogP contribution >= 0.6 is 0 Å². The summed E-state index contributed by atoms with van der Waals surface area (Å²) in [7, 11) is 0. The van der Waals surface area contributed by atoms with E-state index >= 15 is 0 Å². The van der Waals surface area contributed by atoms with Crippen LogP contribution in [-0.4, -0.2) is 13.2 Å². The average Bonchev–Trinajstić information content (AvgIpc) is 3.43. The predicted molar refractivity (Wildman–Crippen MR) is 207 cm³/mol. The molecule has 0 fully saturated rings. The van der Waals surface area contributed by atoms with Gasteiger partial charge in [-0.1, -0.05) is 146 Å². The van der Waals surface area contributed by atoms with Crippen molar-refractivity contribution in [1.82, 2.24) is 0 Å². The highest BCUT2D eigenvalue weighted by molar-refractivity contribution is 6.33. The number of hydrogen-bond acceptors (Lipinski definition) is 2. The maximum absolute atomic E-state index is 6.59. The molecule has 2 heteroatoms. The van der Waals surface area contributed by atoms with E-state index in [1.54, 1.807) is 0 Å². The highest BCUT2D eigenvalue weighted by Gasteiger charge is 2.30. The quantitative estimate of drug-likeness (QED) is 0.0928. The van der Waals surface area contributed by atoms with Crippen molar-refractivity contribution in [2.45, 2.75) is 91.4 Å². The van der Waals surface area contributed by atoms with Gasteiger partial charge in [-0.3, -0.25) is 0 Å². The Balaban J connectivity index is 1.46. The SMILES string of the molecule is CCCCCCOc1cc2c(cc1OCCCCCC)-c1c3ccccc3c(-c3ccc(C(C)(C)C)cc3)c3cc4ccccc4c-2c13. The molecule has 0 radical (unpaired) electrons. The average molecular weight is 635 g/mol. The van der Waals surface area contributed by atoms with Gasteiger partial charge in [0, 0.05) is 0 Å².